The minimum absolute atomic E-state index is 0.135. The Morgan fingerprint density at radius 1 is 1.03 bits per heavy atom. The first-order valence-electron chi connectivity index (χ1n) is 10.1. The Bertz CT molecular complexity index is 1290. The molecule has 0 aliphatic carbocycles. The lowest BCUT2D eigenvalue weighted by Gasteiger charge is -2.17. The van der Waals surface area contributed by atoms with Gasteiger partial charge in [0, 0.05) is 25.0 Å². The lowest BCUT2D eigenvalue weighted by molar-refractivity contribution is -0.139. The number of anilines is 1. The normalized spacial score (nSPS) is 11.8. The molecule has 0 spiro atoms. The van der Waals surface area contributed by atoms with Gasteiger partial charge in [-0.3, -0.25) is 9.78 Å². The smallest absolute Gasteiger partial charge is 0.417 e. The molecule has 1 aromatic heterocycles. The number of alkyl halides is 3. The van der Waals surface area contributed by atoms with E-state index in [-0.39, 0.29) is 16.9 Å². The number of urea groups is 1. The number of pyridine rings is 1. The molecule has 0 fully saturated rings. The molecule has 0 saturated carbocycles. The summed E-state index contributed by atoms with van der Waals surface area (Å²) >= 11 is 5.56. The first kappa shape index (κ1) is 26.3. The Kier molecular flexibility index (Phi) is 8.00. The van der Waals surface area contributed by atoms with Crippen LogP contribution in [-0.2, 0) is 11.0 Å². The SMILES string of the molecule is CNC(=O)c1cc(Oc2ccc(C(NC(=O)Nc3ccc(Cl)c(C(F)(F)F)c3)C(=O)O)cc2)ccn1. The van der Waals surface area contributed by atoms with Crippen LogP contribution >= 0.6 is 11.6 Å². The summed E-state index contributed by atoms with van der Waals surface area (Å²) in [6, 6.07) is 8.79. The van der Waals surface area contributed by atoms with Crippen molar-refractivity contribution in [3.05, 3.63) is 82.6 Å². The molecule has 4 N–H and O–H groups in total. The zero-order valence-electron chi connectivity index (χ0n) is 18.4. The molecule has 3 rings (SSSR count). The molecular formula is C23H18ClF3N4O5. The minimum atomic E-state index is -4.74. The number of halogens is 4. The minimum Gasteiger partial charge on any atom is -0.479 e. The fourth-order valence-corrected chi connectivity index (χ4v) is 3.22. The molecule has 3 aromatic rings. The summed E-state index contributed by atoms with van der Waals surface area (Å²) < 4.78 is 44.7. The third-order valence-electron chi connectivity index (χ3n) is 4.69. The zero-order valence-corrected chi connectivity index (χ0v) is 19.1. The van der Waals surface area contributed by atoms with Crippen LogP contribution in [-0.4, -0.2) is 35.0 Å². The molecule has 0 saturated heterocycles. The van der Waals surface area contributed by atoms with Gasteiger partial charge in [0.1, 0.15) is 17.2 Å². The van der Waals surface area contributed by atoms with Gasteiger partial charge in [-0.15, -0.1) is 0 Å². The number of nitrogens with zero attached hydrogens (tertiary/aromatic N) is 1. The quantitative estimate of drug-likeness (QED) is 0.351. The fraction of sp³-hybridized carbons (Fsp3) is 0.130. The van der Waals surface area contributed by atoms with Crippen molar-refractivity contribution in [3.63, 3.8) is 0 Å². The predicted molar refractivity (Wildman–Crippen MR) is 123 cm³/mol. The molecule has 1 heterocycles. The molecule has 13 heteroatoms. The van der Waals surface area contributed by atoms with E-state index in [2.05, 4.69) is 20.9 Å². The van der Waals surface area contributed by atoms with Crippen molar-refractivity contribution in [2.24, 2.45) is 0 Å². The molecule has 2 aromatic carbocycles. The van der Waals surface area contributed by atoms with E-state index in [0.29, 0.717) is 17.6 Å². The molecule has 36 heavy (non-hydrogen) atoms. The maximum atomic E-state index is 13.0. The first-order valence-corrected chi connectivity index (χ1v) is 10.5. The van der Waals surface area contributed by atoms with E-state index in [1.165, 1.54) is 49.6 Å². The molecule has 1 atom stereocenters. The van der Waals surface area contributed by atoms with Gasteiger partial charge in [0.15, 0.2) is 6.04 Å². The molecule has 188 valence electrons. The number of carbonyl (C=O) groups excluding carboxylic acids is 2. The van der Waals surface area contributed by atoms with Crippen molar-refractivity contribution < 1.29 is 37.4 Å². The standard InChI is InChI=1S/C23H18ClF3N4O5/c1-28-20(32)18-11-15(8-9-29-18)36-14-5-2-12(3-6-14)19(21(33)34)31-22(35)30-13-4-7-17(24)16(10-13)23(25,26)27/h2-11,19H,1H3,(H,28,32)(H,33,34)(H2,30,31,35). The Morgan fingerprint density at radius 3 is 2.33 bits per heavy atom. The summed E-state index contributed by atoms with van der Waals surface area (Å²) in [5.74, 6) is -1.19. The molecule has 0 aliphatic rings. The van der Waals surface area contributed by atoms with Gasteiger partial charge < -0.3 is 25.8 Å². The van der Waals surface area contributed by atoms with Gasteiger partial charge in [0.05, 0.1) is 10.6 Å². The highest BCUT2D eigenvalue weighted by Gasteiger charge is 2.33. The number of ether oxygens (including phenoxy) is 1. The van der Waals surface area contributed by atoms with Crippen LogP contribution in [0.5, 0.6) is 11.5 Å². The maximum absolute atomic E-state index is 13.0. The topological polar surface area (TPSA) is 130 Å². The highest BCUT2D eigenvalue weighted by atomic mass is 35.5. The first-order chi connectivity index (χ1) is 17.0. The van der Waals surface area contributed by atoms with Crippen molar-refractivity contribution in [3.8, 4) is 11.5 Å². The number of hydrogen-bond acceptors (Lipinski definition) is 5. The van der Waals surface area contributed by atoms with Gasteiger partial charge in [-0.25, -0.2) is 9.59 Å². The molecule has 1 unspecified atom stereocenters. The molecule has 0 bridgehead atoms. The summed E-state index contributed by atoms with van der Waals surface area (Å²) in [5.41, 5.74) is -1.08. The number of aliphatic carboxylic acids is 1. The van der Waals surface area contributed by atoms with Gasteiger partial charge >= 0.3 is 18.2 Å². The number of rotatable bonds is 7. The van der Waals surface area contributed by atoms with Crippen LogP contribution in [0.3, 0.4) is 0 Å². The highest BCUT2D eigenvalue weighted by molar-refractivity contribution is 6.31. The van der Waals surface area contributed by atoms with Gasteiger partial charge in [-0.2, -0.15) is 13.2 Å². The van der Waals surface area contributed by atoms with Crippen molar-refractivity contribution in [1.29, 1.82) is 0 Å². The molecular weight excluding hydrogens is 505 g/mol. The summed E-state index contributed by atoms with van der Waals surface area (Å²) in [7, 11) is 1.46. The van der Waals surface area contributed by atoms with E-state index in [1.807, 2.05) is 0 Å². The molecule has 0 radical (unpaired) electrons. The van der Waals surface area contributed by atoms with E-state index < -0.39 is 40.7 Å². The van der Waals surface area contributed by atoms with Crippen LogP contribution in [0.25, 0.3) is 0 Å². The van der Waals surface area contributed by atoms with Crippen molar-refractivity contribution in [2.45, 2.75) is 12.2 Å². The third kappa shape index (κ3) is 6.63. The number of carbonyl (C=O) groups is 3. The van der Waals surface area contributed by atoms with Crippen molar-refractivity contribution in [2.75, 3.05) is 12.4 Å². The lowest BCUT2D eigenvalue weighted by Crippen LogP contribution is -2.36. The second-order valence-electron chi connectivity index (χ2n) is 7.19. The van der Waals surface area contributed by atoms with Gasteiger partial charge in [0.2, 0.25) is 0 Å². The second-order valence-corrected chi connectivity index (χ2v) is 7.60. The van der Waals surface area contributed by atoms with E-state index >= 15 is 0 Å². The van der Waals surface area contributed by atoms with E-state index in [1.54, 1.807) is 0 Å². The van der Waals surface area contributed by atoms with Gasteiger partial charge in [-0.05, 0) is 42.0 Å². The lowest BCUT2D eigenvalue weighted by atomic mass is 10.1. The summed E-state index contributed by atoms with van der Waals surface area (Å²) in [5, 5.41) is 15.8. The number of carboxylic acids is 1. The van der Waals surface area contributed by atoms with Crippen LogP contribution in [0.15, 0.2) is 60.8 Å². The van der Waals surface area contributed by atoms with Crippen LogP contribution < -0.4 is 20.7 Å². The Balaban J connectivity index is 1.70. The number of nitrogens with one attached hydrogen (secondary N) is 3. The van der Waals surface area contributed by atoms with Crippen LogP contribution in [0.4, 0.5) is 23.7 Å². The number of hydrogen-bond donors (Lipinski definition) is 4. The van der Waals surface area contributed by atoms with E-state index in [0.717, 1.165) is 12.1 Å². The zero-order chi connectivity index (χ0) is 26.5. The highest BCUT2D eigenvalue weighted by Crippen LogP contribution is 2.36. The number of aromatic nitrogens is 1. The number of amides is 3. The number of benzene rings is 2. The monoisotopic (exact) mass is 522 g/mol. The Morgan fingerprint density at radius 2 is 1.72 bits per heavy atom. The number of carboxylic acid groups (broad SMARTS) is 1. The summed E-state index contributed by atoms with van der Waals surface area (Å²) in [6.45, 7) is 0. The summed E-state index contributed by atoms with van der Waals surface area (Å²) in [6.07, 6.45) is -3.35. The van der Waals surface area contributed by atoms with Gasteiger partial charge in [0.25, 0.3) is 5.91 Å². The van der Waals surface area contributed by atoms with Crippen molar-refractivity contribution >= 4 is 35.2 Å². The van der Waals surface area contributed by atoms with Crippen LogP contribution in [0.2, 0.25) is 5.02 Å². The average molecular weight is 523 g/mol. The largest absolute Gasteiger partial charge is 0.479 e. The van der Waals surface area contributed by atoms with Crippen molar-refractivity contribution in [1.82, 2.24) is 15.6 Å². The van der Waals surface area contributed by atoms with Gasteiger partial charge in [-0.1, -0.05) is 23.7 Å². The Hall–Kier alpha value is -4.32. The molecule has 0 aliphatic heterocycles. The average Bonchev–Trinajstić information content (AvgIpc) is 2.83. The third-order valence-corrected chi connectivity index (χ3v) is 5.02. The second kappa shape index (κ2) is 11.0. The fourth-order valence-electron chi connectivity index (χ4n) is 3.00. The molecule has 3 amide bonds. The van der Waals surface area contributed by atoms with Crippen LogP contribution in [0.1, 0.15) is 27.7 Å². The van der Waals surface area contributed by atoms with Crippen LogP contribution in [0, 0.1) is 0 Å². The maximum Gasteiger partial charge on any atom is 0.417 e. The molecule has 9 nitrogen and oxygen atoms in total. The Labute approximate surface area is 207 Å². The van der Waals surface area contributed by atoms with E-state index in [4.69, 9.17) is 16.3 Å². The predicted octanol–water partition coefficient (Wildman–Crippen LogP) is 4.85. The van der Waals surface area contributed by atoms with E-state index in [9.17, 15) is 32.7 Å². The summed E-state index contributed by atoms with van der Waals surface area (Å²) in [4.78, 5) is 39.7.